The lowest BCUT2D eigenvalue weighted by Gasteiger charge is -2.40. The molecule has 1 aromatic carbocycles. The van der Waals surface area contributed by atoms with Crippen molar-refractivity contribution in [3.63, 3.8) is 0 Å². The first kappa shape index (κ1) is 41.6. The van der Waals surface area contributed by atoms with Crippen LogP contribution >= 0.6 is 0 Å². The van der Waals surface area contributed by atoms with Crippen LogP contribution < -0.4 is 14.2 Å². The van der Waals surface area contributed by atoms with Crippen LogP contribution in [-0.4, -0.2) is 83.9 Å². The Kier molecular flexibility index (Phi) is 15.9. The summed E-state index contributed by atoms with van der Waals surface area (Å²) in [7, 11) is 1.14. The smallest absolute Gasteiger partial charge is 0.329 e. The number of hydrogen-bond donors (Lipinski definition) is 0. The summed E-state index contributed by atoms with van der Waals surface area (Å²) in [6.45, 7) is 24.0. The highest BCUT2D eigenvalue weighted by Gasteiger charge is 2.42. The Balaban J connectivity index is 1.98. The number of amides is 1. The molecule has 1 saturated carbocycles. The van der Waals surface area contributed by atoms with Crippen molar-refractivity contribution >= 4 is 20.2 Å². The lowest BCUT2D eigenvalue weighted by Crippen LogP contribution is -2.51. The lowest BCUT2D eigenvalue weighted by molar-refractivity contribution is -0.163. The van der Waals surface area contributed by atoms with Gasteiger partial charge < -0.3 is 33.0 Å². The topological polar surface area (TPSA) is 92.8 Å². The van der Waals surface area contributed by atoms with E-state index in [0.29, 0.717) is 43.4 Å². The summed E-state index contributed by atoms with van der Waals surface area (Å²) in [5.74, 6) is 0.649. The fourth-order valence-electron chi connectivity index (χ4n) is 6.55. The summed E-state index contributed by atoms with van der Waals surface area (Å²) in [6.07, 6.45) is 10.2. The normalized spacial score (nSPS) is 19.9. The van der Waals surface area contributed by atoms with E-state index in [0.717, 1.165) is 50.5 Å². The fraction of sp³-hybridized carbons (Fsp3) is 0.700. The number of benzene rings is 1. The Hall–Kier alpha value is -2.82. The quantitative estimate of drug-likeness (QED) is 0.0850. The molecule has 1 aliphatic carbocycles. The molecular weight excluding hydrogens is 651 g/mol. The van der Waals surface area contributed by atoms with Crippen LogP contribution in [0.15, 0.2) is 37.4 Å². The van der Waals surface area contributed by atoms with E-state index >= 15 is 0 Å². The monoisotopic (exact) mass is 715 g/mol. The van der Waals surface area contributed by atoms with Gasteiger partial charge in [0.2, 0.25) is 11.7 Å². The standard InChI is InChI=1S/C40H65NO8Si/c1-12-23-46-32(27-48-50(10,11)40(5,6)7)26-47-35-25-31(24-34(44-8)37(35)45-9)36(30-19-15-14-16-20-30)38(42)41-22-18-17-21-33(41)39(43)49-29(4)28(3)13-2/h12-13,24-25,28-30,32-33,36H,1-2,14-23,26-27H2,3-11H3/t28-,29+,32-,33-,36-/m0/s1. The molecular formula is C40H65NO8Si. The number of hydrogen-bond acceptors (Lipinski definition) is 8. The number of carbonyl (C=O) groups is 2. The van der Waals surface area contributed by atoms with Crippen LogP contribution in [0.4, 0.5) is 0 Å². The van der Waals surface area contributed by atoms with E-state index < -0.39 is 20.3 Å². The molecule has 2 fully saturated rings. The minimum absolute atomic E-state index is 0.00671. The zero-order valence-electron chi connectivity index (χ0n) is 32.4. The summed E-state index contributed by atoms with van der Waals surface area (Å²) in [5.41, 5.74) is 0.793. The van der Waals surface area contributed by atoms with Gasteiger partial charge in [-0.2, -0.15) is 0 Å². The molecule has 10 heteroatoms. The maximum Gasteiger partial charge on any atom is 0.329 e. The zero-order valence-corrected chi connectivity index (χ0v) is 33.4. The Morgan fingerprint density at radius 3 is 2.22 bits per heavy atom. The van der Waals surface area contributed by atoms with Crippen molar-refractivity contribution in [3.8, 4) is 17.2 Å². The van der Waals surface area contributed by atoms with E-state index in [2.05, 4.69) is 47.0 Å². The van der Waals surface area contributed by atoms with Gasteiger partial charge in [-0.05, 0) is 80.8 Å². The highest BCUT2D eigenvalue weighted by atomic mass is 28.4. The predicted molar refractivity (Wildman–Crippen MR) is 202 cm³/mol. The van der Waals surface area contributed by atoms with E-state index in [-0.39, 0.29) is 47.6 Å². The van der Waals surface area contributed by atoms with Gasteiger partial charge in [-0.25, -0.2) is 4.79 Å². The van der Waals surface area contributed by atoms with Crippen LogP contribution in [-0.2, 0) is 23.5 Å². The van der Waals surface area contributed by atoms with Gasteiger partial charge in [0.1, 0.15) is 24.9 Å². The number of methoxy groups -OCH3 is 2. The molecule has 1 heterocycles. The minimum Gasteiger partial charge on any atom is -0.493 e. The molecule has 1 aromatic rings. The summed E-state index contributed by atoms with van der Waals surface area (Å²) in [5, 5.41) is 0.0504. The second-order valence-corrected chi connectivity index (χ2v) is 20.3. The second kappa shape index (κ2) is 19.1. The molecule has 0 N–H and O–H groups in total. The third-order valence-corrected chi connectivity index (χ3v) is 15.5. The first-order valence-corrected chi connectivity index (χ1v) is 21.5. The molecule has 50 heavy (non-hydrogen) atoms. The molecule has 9 nitrogen and oxygen atoms in total. The van der Waals surface area contributed by atoms with E-state index in [4.69, 9.17) is 28.1 Å². The Labute approximate surface area is 303 Å². The third kappa shape index (κ3) is 10.8. The van der Waals surface area contributed by atoms with Gasteiger partial charge in [-0.15, -0.1) is 13.2 Å². The zero-order chi connectivity index (χ0) is 37.1. The number of esters is 1. The number of rotatable bonds is 18. The summed E-state index contributed by atoms with van der Waals surface area (Å²) >= 11 is 0. The first-order chi connectivity index (χ1) is 23.7. The van der Waals surface area contributed by atoms with Crippen molar-refractivity contribution in [2.75, 3.05) is 40.6 Å². The van der Waals surface area contributed by atoms with E-state index in [1.165, 1.54) is 0 Å². The Bertz CT molecular complexity index is 1270. The van der Waals surface area contributed by atoms with Crippen molar-refractivity contribution in [2.24, 2.45) is 11.8 Å². The molecule has 1 amide bonds. The summed E-state index contributed by atoms with van der Waals surface area (Å²) < 4.78 is 36.6. The molecule has 5 atom stereocenters. The molecule has 0 unspecified atom stereocenters. The molecule has 0 radical (unpaired) electrons. The summed E-state index contributed by atoms with van der Waals surface area (Å²) in [4.78, 5) is 30.2. The van der Waals surface area contributed by atoms with Gasteiger partial charge >= 0.3 is 5.97 Å². The Morgan fingerprint density at radius 1 is 0.960 bits per heavy atom. The van der Waals surface area contributed by atoms with E-state index in [1.807, 2.05) is 26.0 Å². The average Bonchev–Trinajstić information content (AvgIpc) is 3.10. The third-order valence-electron chi connectivity index (χ3n) is 11.0. The molecule has 3 rings (SSSR count). The maximum absolute atomic E-state index is 14.8. The number of likely N-dealkylation sites (tertiary alicyclic amines) is 1. The predicted octanol–water partition coefficient (Wildman–Crippen LogP) is 8.47. The van der Waals surface area contributed by atoms with Gasteiger partial charge in [0.15, 0.2) is 19.8 Å². The van der Waals surface area contributed by atoms with Gasteiger partial charge in [0, 0.05) is 12.5 Å². The second-order valence-electron chi connectivity index (χ2n) is 15.5. The van der Waals surface area contributed by atoms with Crippen LogP contribution in [0, 0.1) is 11.8 Å². The molecule has 1 saturated heterocycles. The van der Waals surface area contributed by atoms with Gasteiger partial charge in [0.25, 0.3) is 0 Å². The molecule has 1 aliphatic heterocycles. The van der Waals surface area contributed by atoms with Crippen molar-refractivity contribution in [1.29, 1.82) is 0 Å². The van der Waals surface area contributed by atoms with Crippen LogP contribution in [0.1, 0.15) is 97.5 Å². The van der Waals surface area contributed by atoms with Crippen LogP contribution in [0.3, 0.4) is 0 Å². The van der Waals surface area contributed by atoms with E-state index in [9.17, 15) is 9.59 Å². The largest absolute Gasteiger partial charge is 0.493 e. The number of ether oxygens (including phenoxy) is 5. The van der Waals surface area contributed by atoms with Crippen molar-refractivity contribution in [2.45, 2.75) is 128 Å². The first-order valence-electron chi connectivity index (χ1n) is 18.6. The summed E-state index contributed by atoms with van der Waals surface area (Å²) in [6, 6.07) is 3.20. The number of nitrogens with zero attached hydrogens (tertiary/aromatic N) is 1. The van der Waals surface area contributed by atoms with Gasteiger partial charge in [-0.3, -0.25) is 4.79 Å². The number of piperidine rings is 1. The van der Waals surface area contributed by atoms with Gasteiger partial charge in [-0.1, -0.05) is 59.1 Å². The van der Waals surface area contributed by atoms with Gasteiger partial charge in [0.05, 0.1) is 33.4 Å². The van der Waals surface area contributed by atoms with Crippen LogP contribution in [0.5, 0.6) is 17.2 Å². The van der Waals surface area contributed by atoms with Crippen LogP contribution in [0.25, 0.3) is 0 Å². The molecule has 0 spiro atoms. The minimum atomic E-state index is -2.04. The van der Waals surface area contributed by atoms with Crippen molar-refractivity contribution in [3.05, 3.63) is 43.0 Å². The highest BCUT2D eigenvalue weighted by molar-refractivity contribution is 6.74. The number of carbonyl (C=O) groups excluding carboxylic acids is 2. The lowest BCUT2D eigenvalue weighted by atomic mass is 9.75. The fourth-order valence-corrected chi connectivity index (χ4v) is 7.58. The van der Waals surface area contributed by atoms with Crippen molar-refractivity contribution in [1.82, 2.24) is 4.90 Å². The van der Waals surface area contributed by atoms with Crippen LogP contribution in [0.2, 0.25) is 18.1 Å². The van der Waals surface area contributed by atoms with Crippen molar-refractivity contribution < 1.29 is 37.7 Å². The molecule has 0 bridgehead atoms. The Morgan fingerprint density at radius 2 is 1.62 bits per heavy atom. The SMILES string of the molecule is C=CCO[C@@H](COc1cc([C@@H](C(=O)N2CCCC[C@H]2C(=O)O[C@H](C)[C@@H](C)C=C)C2CCCCC2)cc(OC)c1OC)CO[Si](C)(C)C(C)(C)C. The average molecular weight is 716 g/mol. The molecule has 0 aromatic heterocycles. The van der Waals surface area contributed by atoms with E-state index in [1.54, 1.807) is 31.3 Å². The molecule has 2 aliphatic rings. The maximum atomic E-state index is 14.8. The molecule has 282 valence electrons. The highest BCUT2D eigenvalue weighted by Crippen LogP contribution is 2.45.